The van der Waals surface area contributed by atoms with Crippen LogP contribution in [0.25, 0.3) is 0 Å². The van der Waals surface area contributed by atoms with Gasteiger partial charge in [-0.3, -0.25) is 4.79 Å². The van der Waals surface area contributed by atoms with Gasteiger partial charge in [0.1, 0.15) is 17.6 Å². The molecule has 0 radical (unpaired) electrons. The molecule has 1 aliphatic rings. The Hall–Kier alpha value is -1.54. The Morgan fingerprint density at radius 3 is 2.80 bits per heavy atom. The summed E-state index contributed by atoms with van der Waals surface area (Å²) in [6.45, 7) is 3.39. The van der Waals surface area contributed by atoms with Crippen molar-refractivity contribution in [2.75, 3.05) is 19.6 Å². The maximum Gasteiger partial charge on any atom is 0.273 e. The van der Waals surface area contributed by atoms with Gasteiger partial charge in [0.05, 0.1) is 17.7 Å². The van der Waals surface area contributed by atoms with Crippen LogP contribution in [0.15, 0.2) is 29.6 Å². The molecule has 0 saturated carbocycles. The van der Waals surface area contributed by atoms with Crippen molar-refractivity contribution in [2.45, 2.75) is 25.6 Å². The molecule has 25 heavy (non-hydrogen) atoms. The third kappa shape index (κ3) is 4.76. The summed E-state index contributed by atoms with van der Waals surface area (Å²) in [5, 5.41) is 2.65. The highest BCUT2D eigenvalue weighted by molar-refractivity contribution is 7.09. The second kappa shape index (κ2) is 8.71. The van der Waals surface area contributed by atoms with Gasteiger partial charge in [-0.1, -0.05) is 12.1 Å². The lowest BCUT2D eigenvalue weighted by atomic mass is 10.1. The molecule has 3 rings (SSSR count). The number of ether oxygens (including phenoxy) is 1. The number of aromatic nitrogens is 1. The monoisotopic (exact) mass is 385 g/mol. The third-order valence-electron chi connectivity index (χ3n) is 3.92. The van der Waals surface area contributed by atoms with Crippen LogP contribution >= 0.6 is 23.7 Å². The van der Waals surface area contributed by atoms with Crippen molar-refractivity contribution >= 4 is 29.7 Å². The zero-order valence-corrected chi connectivity index (χ0v) is 15.5. The third-order valence-corrected chi connectivity index (χ3v) is 4.83. The van der Waals surface area contributed by atoms with Crippen molar-refractivity contribution in [3.63, 3.8) is 0 Å². The molecule has 0 spiro atoms. The minimum absolute atomic E-state index is 0. The molecule has 1 fully saturated rings. The molecule has 2 unspecified atom stereocenters. The molecule has 1 aromatic heterocycles. The number of nitrogens with zero attached hydrogens (tertiary/aromatic N) is 2. The first-order valence-corrected chi connectivity index (χ1v) is 8.79. The summed E-state index contributed by atoms with van der Waals surface area (Å²) < 4.78 is 19.0. The molecule has 0 aliphatic carbocycles. The predicted octanol–water partition coefficient (Wildman–Crippen LogP) is 2.81. The highest BCUT2D eigenvalue weighted by Gasteiger charge is 2.30. The number of morpholine rings is 1. The largest absolute Gasteiger partial charge is 0.367 e. The first kappa shape index (κ1) is 19.8. The van der Waals surface area contributed by atoms with E-state index in [-0.39, 0.29) is 36.3 Å². The second-order valence-electron chi connectivity index (χ2n) is 5.86. The second-order valence-corrected chi connectivity index (χ2v) is 6.80. The number of benzene rings is 1. The highest BCUT2D eigenvalue weighted by atomic mass is 35.5. The van der Waals surface area contributed by atoms with E-state index in [0.717, 1.165) is 10.6 Å². The van der Waals surface area contributed by atoms with Crippen LogP contribution < -0.4 is 5.73 Å². The Morgan fingerprint density at radius 2 is 2.12 bits per heavy atom. The first-order valence-electron chi connectivity index (χ1n) is 7.91. The van der Waals surface area contributed by atoms with Gasteiger partial charge in [0.2, 0.25) is 0 Å². The van der Waals surface area contributed by atoms with Crippen molar-refractivity contribution in [3.8, 4) is 0 Å². The van der Waals surface area contributed by atoms with Crippen LogP contribution in [-0.2, 0) is 11.2 Å². The number of thiazole rings is 1. The van der Waals surface area contributed by atoms with Gasteiger partial charge < -0.3 is 15.4 Å². The van der Waals surface area contributed by atoms with Crippen LogP contribution in [0.3, 0.4) is 0 Å². The zero-order chi connectivity index (χ0) is 17.1. The van der Waals surface area contributed by atoms with Gasteiger partial charge in [0.25, 0.3) is 5.91 Å². The van der Waals surface area contributed by atoms with Crippen molar-refractivity contribution in [2.24, 2.45) is 5.73 Å². The van der Waals surface area contributed by atoms with Crippen molar-refractivity contribution in [3.05, 3.63) is 51.7 Å². The topological polar surface area (TPSA) is 68.5 Å². The van der Waals surface area contributed by atoms with Crippen LogP contribution in [0.1, 0.15) is 34.1 Å². The van der Waals surface area contributed by atoms with E-state index in [9.17, 15) is 9.18 Å². The molecular weight excluding hydrogens is 365 g/mol. The van der Waals surface area contributed by atoms with Gasteiger partial charge in [-0.25, -0.2) is 9.37 Å². The van der Waals surface area contributed by atoms with E-state index < -0.39 is 0 Å². The van der Waals surface area contributed by atoms with Crippen molar-refractivity contribution in [1.29, 1.82) is 0 Å². The van der Waals surface area contributed by atoms with E-state index in [0.29, 0.717) is 31.7 Å². The summed E-state index contributed by atoms with van der Waals surface area (Å²) in [5.74, 6) is -0.387. The van der Waals surface area contributed by atoms with Crippen molar-refractivity contribution < 1.29 is 13.9 Å². The summed E-state index contributed by atoms with van der Waals surface area (Å²) in [6.07, 6.45) is 0.315. The summed E-state index contributed by atoms with van der Waals surface area (Å²) in [7, 11) is 0. The Bertz CT molecular complexity index is 710. The standard InChI is InChI=1S/C17H20FN3O2S.ClH/c1-11-8-21(17(22)14-10-24-16(20-14)6-7-19)9-15(23-11)12-2-4-13(18)5-3-12;/h2-5,10-11,15H,6-9,19H2,1H3;1H. The number of halogens is 2. The SMILES string of the molecule is CC1CN(C(=O)c2csc(CCN)n2)CC(c2ccc(F)cc2)O1.Cl. The molecule has 1 amide bonds. The normalized spacial score (nSPS) is 20.2. The van der Waals surface area contributed by atoms with E-state index in [4.69, 9.17) is 10.5 Å². The Labute approximate surface area is 156 Å². The van der Waals surface area contributed by atoms with Crippen LogP contribution in [0.5, 0.6) is 0 Å². The maximum atomic E-state index is 13.1. The smallest absolute Gasteiger partial charge is 0.273 e. The minimum Gasteiger partial charge on any atom is -0.367 e. The summed E-state index contributed by atoms with van der Waals surface area (Å²) in [6, 6.07) is 6.21. The summed E-state index contributed by atoms with van der Waals surface area (Å²) in [4.78, 5) is 18.8. The average molecular weight is 386 g/mol. The number of hydrogen-bond acceptors (Lipinski definition) is 5. The lowest BCUT2D eigenvalue weighted by molar-refractivity contribution is -0.0693. The fraction of sp³-hybridized carbons (Fsp3) is 0.412. The van der Waals surface area contributed by atoms with Crippen LogP contribution in [0.4, 0.5) is 4.39 Å². The maximum absolute atomic E-state index is 13.1. The molecule has 0 bridgehead atoms. The number of carbonyl (C=O) groups is 1. The van der Waals surface area contributed by atoms with Gasteiger partial charge in [-0.05, 0) is 31.2 Å². The van der Waals surface area contributed by atoms with Gasteiger partial charge in [-0.2, -0.15) is 0 Å². The molecule has 5 nitrogen and oxygen atoms in total. The van der Waals surface area contributed by atoms with Crippen LogP contribution in [0.2, 0.25) is 0 Å². The van der Waals surface area contributed by atoms with Crippen molar-refractivity contribution in [1.82, 2.24) is 9.88 Å². The van der Waals surface area contributed by atoms with Gasteiger partial charge in [-0.15, -0.1) is 23.7 Å². The van der Waals surface area contributed by atoms with E-state index in [1.807, 2.05) is 6.92 Å². The average Bonchev–Trinajstić information content (AvgIpc) is 3.03. The van der Waals surface area contributed by atoms with Crippen LogP contribution in [-0.4, -0.2) is 41.5 Å². The zero-order valence-electron chi connectivity index (χ0n) is 13.9. The van der Waals surface area contributed by atoms with Gasteiger partial charge in [0, 0.05) is 18.3 Å². The molecule has 2 atom stereocenters. The molecule has 2 aromatic rings. The van der Waals surface area contributed by atoms with Crippen LogP contribution in [0, 0.1) is 5.82 Å². The molecule has 1 aromatic carbocycles. The molecule has 2 N–H and O–H groups in total. The van der Waals surface area contributed by atoms with E-state index in [1.54, 1.807) is 22.4 Å². The number of hydrogen-bond donors (Lipinski definition) is 1. The summed E-state index contributed by atoms with van der Waals surface area (Å²) >= 11 is 1.45. The number of rotatable bonds is 4. The Morgan fingerprint density at radius 1 is 1.40 bits per heavy atom. The van der Waals surface area contributed by atoms with E-state index in [1.165, 1.54) is 23.5 Å². The fourth-order valence-corrected chi connectivity index (χ4v) is 3.58. The first-order chi connectivity index (χ1) is 11.6. The Kier molecular flexibility index (Phi) is 6.89. The molecular formula is C17H21ClFN3O2S. The minimum atomic E-state index is -0.287. The summed E-state index contributed by atoms with van der Waals surface area (Å²) in [5.41, 5.74) is 6.85. The van der Waals surface area contributed by atoms with E-state index >= 15 is 0 Å². The highest BCUT2D eigenvalue weighted by Crippen LogP contribution is 2.26. The lowest BCUT2D eigenvalue weighted by Gasteiger charge is -2.36. The fourth-order valence-electron chi connectivity index (χ4n) is 2.79. The number of carbonyl (C=O) groups excluding carboxylic acids is 1. The van der Waals surface area contributed by atoms with E-state index in [2.05, 4.69) is 4.98 Å². The molecule has 1 aliphatic heterocycles. The molecule has 8 heteroatoms. The predicted molar refractivity (Wildman–Crippen MR) is 97.7 cm³/mol. The van der Waals surface area contributed by atoms with Gasteiger partial charge >= 0.3 is 0 Å². The quantitative estimate of drug-likeness (QED) is 0.878. The lowest BCUT2D eigenvalue weighted by Crippen LogP contribution is -2.46. The molecule has 136 valence electrons. The molecule has 2 heterocycles. The van der Waals surface area contributed by atoms with Gasteiger partial charge in [0.15, 0.2) is 0 Å². The Balaban J connectivity index is 0.00000225. The molecule has 1 saturated heterocycles. The number of nitrogens with two attached hydrogens (primary N) is 1. The number of amides is 1.